The van der Waals surface area contributed by atoms with Gasteiger partial charge in [0.1, 0.15) is 11.5 Å². The highest BCUT2D eigenvalue weighted by molar-refractivity contribution is 5.77. The third kappa shape index (κ3) is 2.18. The fraction of sp³-hybridized carbons (Fsp3) is 0.562. The zero-order chi connectivity index (χ0) is 13.4. The molecule has 2 aliphatic rings. The van der Waals surface area contributed by atoms with E-state index in [0.717, 1.165) is 30.6 Å². The molecule has 0 amide bonds. The van der Waals surface area contributed by atoms with Crippen LogP contribution < -0.4 is 4.90 Å². The number of H-pyrrole nitrogens is 1. The summed E-state index contributed by atoms with van der Waals surface area (Å²) < 4.78 is 0. The average molecular weight is 270 g/mol. The third-order valence-corrected chi connectivity index (χ3v) is 4.87. The maximum Gasteiger partial charge on any atom is 0.139 e. The van der Waals surface area contributed by atoms with Gasteiger partial charge in [0.25, 0.3) is 0 Å². The highest BCUT2D eigenvalue weighted by Gasteiger charge is 2.26. The molecular weight excluding hydrogens is 248 g/mol. The summed E-state index contributed by atoms with van der Waals surface area (Å²) in [5.74, 6) is 1.12. The van der Waals surface area contributed by atoms with Gasteiger partial charge in [0.05, 0.1) is 0 Å². The van der Waals surface area contributed by atoms with Gasteiger partial charge in [-0.25, -0.2) is 4.98 Å². The lowest BCUT2D eigenvalue weighted by Gasteiger charge is -2.38. The van der Waals surface area contributed by atoms with Crippen LogP contribution in [0.3, 0.4) is 0 Å². The molecule has 2 aromatic rings. The van der Waals surface area contributed by atoms with Crippen molar-refractivity contribution >= 4 is 16.9 Å². The second-order valence-electron chi connectivity index (χ2n) is 6.05. The molecule has 4 nitrogen and oxygen atoms in total. The van der Waals surface area contributed by atoms with E-state index in [4.69, 9.17) is 4.98 Å². The first-order valence-corrected chi connectivity index (χ1v) is 7.83. The van der Waals surface area contributed by atoms with Gasteiger partial charge in [0.15, 0.2) is 0 Å². The first-order valence-electron chi connectivity index (χ1n) is 7.83. The van der Waals surface area contributed by atoms with Gasteiger partial charge in [-0.1, -0.05) is 12.8 Å². The Kier molecular flexibility index (Phi) is 3.11. The number of nitrogens with one attached hydrogen (secondary N) is 1. The van der Waals surface area contributed by atoms with Gasteiger partial charge in [-0.2, -0.15) is 0 Å². The van der Waals surface area contributed by atoms with Gasteiger partial charge in [0, 0.05) is 43.8 Å². The van der Waals surface area contributed by atoms with Gasteiger partial charge in [-0.3, -0.25) is 4.90 Å². The molecule has 20 heavy (non-hydrogen) atoms. The minimum atomic E-state index is 0.857. The van der Waals surface area contributed by atoms with Crippen LogP contribution in [0.2, 0.25) is 0 Å². The summed E-state index contributed by atoms with van der Waals surface area (Å²) in [7, 11) is 0. The van der Waals surface area contributed by atoms with Crippen LogP contribution in [0.15, 0.2) is 24.4 Å². The van der Waals surface area contributed by atoms with Crippen molar-refractivity contribution in [3.8, 4) is 0 Å². The van der Waals surface area contributed by atoms with E-state index in [-0.39, 0.29) is 0 Å². The molecule has 0 spiro atoms. The van der Waals surface area contributed by atoms with Crippen LogP contribution in [-0.2, 0) is 0 Å². The molecule has 0 unspecified atom stereocenters. The van der Waals surface area contributed by atoms with E-state index < -0.39 is 0 Å². The molecule has 0 atom stereocenters. The van der Waals surface area contributed by atoms with Crippen molar-refractivity contribution in [3.05, 3.63) is 24.4 Å². The number of aromatic amines is 1. The van der Waals surface area contributed by atoms with Crippen molar-refractivity contribution in [2.24, 2.45) is 0 Å². The summed E-state index contributed by atoms with van der Waals surface area (Å²) in [5, 5.41) is 1.19. The molecule has 2 fully saturated rings. The number of hydrogen-bond acceptors (Lipinski definition) is 3. The normalized spacial score (nSPS) is 21.9. The Bertz CT molecular complexity index is 577. The average Bonchev–Trinajstić information content (AvgIpc) is 3.18. The molecule has 0 bridgehead atoms. The Balaban J connectivity index is 1.45. The number of rotatable bonds is 2. The van der Waals surface area contributed by atoms with Crippen LogP contribution in [-0.4, -0.2) is 47.1 Å². The lowest BCUT2D eigenvalue weighted by Crippen LogP contribution is -2.49. The minimum Gasteiger partial charge on any atom is -0.354 e. The Morgan fingerprint density at radius 1 is 1.00 bits per heavy atom. The second kappa shape index (κ2) is 5.09. The third-order valence-electron chi connectivity index (χ3n) is 4.87. The summed E-state index contributed by atoms with van der Waals surface area (Å²) in [4.78, 5) is 13.1. The van der Waals surface area contributed by atoms with E-state index in [2.05, 4.69) is 33.0 Å². The van der Waals surface area contributed by atoms with Crippen molar-refractivity contribution in [1.29, 1.82) is 0 Å². The maximum atomic E-state index is 4.73. The first kappa shape index (κ1) is 12.2. The van der Waals surface area contributed by atoms with Gasteiger partial charge in [-0.15, -0.1) is 0 Å². The smallest absolute Gasteiger partial charge is 0.139 e. The lowest BCUT2D eigenvalue weighted by molar-refractivity contribution is 0.187. The highest BCUT2D eigenvalue weighted by Crippen LogP contribution is 2.25. The number of piperazine rings is 1. The van der Waals surface area contributed by atoms with Gasteiger partial charge >= 0.3 is 0 Å². The van der Waals surface area contributed by atoms with E-state index >= 15 is 0 Å². The number of anilines is 1. The largest absolute Gasteiger partial charge is 0.354 e. The molecule has 0 radical (unpaired) electrons. The summed E-state index contributed by atoms with van der Waals surface area (Å²) in [6.07, 6.45) is 7.63. The molecule has 2 aromatic heterocycles. The lowest BCUT2D eigenvalue weighted by atomic mass is 10.2. The summed E-state index contributed by atoms with van der Waals surface area (Å²) in [6, 6.07) is 7.25. The van der Waals surface area contributed by atoms with Gasteiger partial charge in [0.2, 0.25) is 0 Å². The van der Waals surface area contributed by atoms with Crippen LogP contribution in [0.25, 0.3) is 11.0 Å². The Morgan fingerprint density at radius 3 is 2.60 bits per heavy atom. The zero-order valence-corrected chi connectivity index (χ0v) is 11.9. The first-order chi connectivity index (χ1) is 9.90. The highest BCUT2D eigenvalue weighted by atomic mass is 15.3. The van der Waals surface area contributed by atoms with Crippen molar-refractivity contribution in [2.75, 3.05) is 31.1 Å². The molecule has 4 heteroatoms. The number of nitrogens with zero attached hydrogens (tertiary/aromatic N) is 3. The van der Waals surface area contributed by atoms with Gasteiger partial charge in [-0.05, 0) is 31.0 Å². The van der Waals surface area contributed by atoms with Crippen LogP contribution >= 0.6 is 0 Å². The van der Waals surface area contributed by atoms with E-state index in [1.165, 1.54) is 44.2 Å². The number of aromatic nitrogens is 2. The summed E-state index contributed by atoms with van der Waals surface area (Å²) in [5.41, 5.74) is 1.00. The van der Waals surface area contributed by atoms with Crippen molar-refractivity contribution in [1.82, 2.24) is 14.9 Å². The zero-order valence-electron chi connectivity index (χ0n) is 11.9. The quantitative estimate of drug-likeness (QED) is 0.911. The second-order valence-corrected chi connectivity index (χ2v) is 6.05. The molecular formula is C16H22N4. The number of hydrogen-bond donors (Lipinski definition) is 1. The standard InChI is InChI=1S/C16H22N4/c1-2-4-14(3-1)19-9-11-20(12-10-19)15-6-5-13-7-8-17-16(13)18-15/h5-8,14H,1-4,9-12H2,(H,17,18). The summed E-state index contributed by atoms with van der Waals surface area (Å²) in [6.45, 7) is 4.59. The monoisotopic (exact) mass is 270 g/mol. The van der Waals surface area contributed by atoms with Crippen LogP contribution in [0, 0.1) is 0 Å². The maximum absolute atomic E-state index is 4.73. The van der Waals surface area contributed by atoms with E-state index in [0.29, 0.717) is 0 Å². The molecule has 1 N–H and O–H groups in total. The van der Waals surface area contributed by atoms with Crippen LogP contribution in [0.4, 0.5) is 5.82 Å². The van der Waals surface area contributed by atoms with E-state index in [1.807, 2.05) is 6.20 Å². The predicted octanol–water partition coefficient (Wildman–Crippen LogP) is 2.63. The van der Waals surface area contributed by atoms with E-state index in [1.54, 1.807) is 0 Å². The fourth-order valence-electron chi connectivity index (χ4n) is 3.68. The Morgan fingerprint density at radius 2 is 1.80 bits per heavy atom. The van der Waals surface area contributed by atoms with Crippen molar-refractivity contribution < 1.29 is 0 Å². The van der Waals surface area contributed by atoms with Gasteiger partial charge < -0.3 is 9.88 Å². The predicted molar refractivity (Wildman–Crippen MR) is 82.1 cm³/mol. The molecule has 1 aliphatic heterocycles. The summed E-state index contributed by atoms with van der Waals surface area (Å²) >= 11 is 0. The topological polar surface area (TPSA) is 35.2 Å². The SMILES string of the molecule is c1cc2ccc(N3CCN(C4CCCC4)CC3)nc2[nH]1. The molecule has 3 heterocycles. The molecule has 0 aromatic carbocycles. The molecule has 4 rings (SSSR count). The molecule has 1 saturated carbocycles. The Labute approximate surface area is 119 Å². The Hall–Kier alpha value is -1.55. The molecule has 1 aliphatic carbocycles. The molecule has 1 saturated heterocycles. The van der Waals surface area contributed by atoms with Crippen LogP contribution in [0.1, 0.15) is 25.7 Å². The minimum absolute atomic E-state index is 0.857. The fourth-order valence-corrected chi connectivity index (χ4v) is 3.68. The van der Waals surface area contributed by atoms with Crippen molar-refractivity contribution in [2.45, 2.75) is 31.7 Å². The van der Waals surface area contributed by atoms with E-state index in [9.17, 15) is 0 Å². The van der Waals surface area contributed by atoms with Crippen molar-refractivity contribution in [3.63, 3.8) is 0 Å². The van der Waals surface area contributed by atoms with Crippen LogP contribution in [0.5, 0.6) is 0 Å². The molecule has 106 valence electrons. The number of pyridine rings is 1. The number of fused-ring (bicyclic) bond motifs is 1.